The highest BCUT2D eigenvalue weighted by molar-refractivity contribution is 9.10. The summed E-state index contributed by atoms with van der Waals surface area (Å²) in [5.74, 6) is 1.30. The van der Waals surface area contributed by atoms with Crippen LogP contribution in [0.5, 0.6) is 0 Å². The number of halogens is 3. The molecule has 0 fully saturated rings. The molecule has 0 saturated carbocycles. The highest BCUT2D eigenvalue weighted by Crippen LogP contribution is 2.34. The Kier molecular flexibility index (Phi) is 4.66. The molecule has 3 nitrogen and oxygen atoms in total. The lowest BCUT2D eigenvalue weighted by atomic mass is 10.2. The second-order valence-electron chi connectivity index (χ2n) is 3.86. The van der Waals surface area contributed by atoms with Crippen LogP contribution in [-0.4, -0.2) is 17.0 Å². The number of anilines is 1. The molecule has 0 unspecified atom stereocenters. The zero-order valence-corrected chi connectivity index (χ0v) is 13.6. The molecule has 1 aromatic carbocycles. The standard InChI is InChI=1S/C13H12BrCl2N3/c1-3-9-10(14)13(17-2)19-12(18-9)7-5-4-6-8(15)11(7)16/h4-6H,3H2,1-2H3,(H,17,18,19). The topological polar surface area (TPSA) is 37.8 Å². The Morgan fingerprint density at radius 1 is 1.26 bits per heavy atom. The number of benzene rings is 1. The van der Waals surface area contributed by atoms with Crippen molar-refractivity contribution in [1.82, 2.24) is 9.97 Å². The average Bonchev–Trinajstić information content (AvgIpc) is 2.42. The fourth-order valence-electron chi connectivity index (χ4n) is 1.69. The minimum absolute atomic E-state index is 0.468. The van der Waals surface area contributed by atoms with E-state index in [1.165, 1.54) is 0 Å². The van der Waals surface area contributed by atoms with Gasteiger partial charge in [-0.1, -0.05) is 36.2 Å². The number of hydrogen-bond donors (Lipinski definition) is 1. The van der Waals surface area contributed by atoms with Gasteiger partial charge in [0.1, 0.15) is 5.82 Å². The van der Waals surface area contributed by atoms with Crippen molar-refractivity contribution < 1.29 is 0 Å². The Bertz CT molecular complexity index is 592. The Balaban J connectivity index is 2.65. The highest BCUT2D eigenvalue weighted by atomic mass is 79.9. The molecule has 2 aromatic rings. The normalized spacial score (nSPS) is 10.6. The molecule has 0 spiro atoms. The van der Waals surface area contributed by atoms with Gasteiger partial charge < -0.3 is 5.32 Å². The van der Waals surface area contributed by atoms with Crippen molar-refractivity contribution in [2.24, 2.45) is 0 Å². The smallest absolute Gasteiger partial charge is 0.163 e. The van der Waals surface area contributed by atoms with Gasteiger partial charge in [-0.2, -0.15) is 0 Å². The van der Waals surface area contributed by atoms with Crippen LogP contribution in [0, 0.1) is 0 Å². The van der Waals surface area contributed by atoms with Crippen molar-refractivity contribution in [3.05, 3.63) is 38.4 Å². The van der Waals surface area contributed by atoms with Crippen LogP contribution < -0.4 is 5.32 Å². The van der Waals surface area contributed by atoms with Crippen LogP contribution in [0.15, 0.2) is 22.7 Å². The molecule has 2 rings (SSSR count). The fraction of sp³-hybridized carbons (Fsp3) is 0.231. The van der Waals surface area contributed by atoms with E-state index in [0.717, 1.165) is 28.0 Å². The van der Waals surface area contributed by atoms with Gasteiger partial charge >= 0.3 is 0 Å². The minimum Gasteiger partial charge on any atom is -0.372 e. The molecular formula is C13H12BrCl2N3. The summed E-state index contributed by atoms with van der Waals surface area (Å²) in [4.78, 5) is 8.99. The van der Waals surface area contributed by atoms with Gasteiger partial charge in [-0.3, -0.25) is 0 Å². The summed E-state index contributed by atoms with van der Waals surface area (Å²) in [7, 11) is 1.82. The van der Waals surface area contributed by atoms with Crippen LogP contribution in [0.25, 0.3) is 11.4 Å². The van der Waals surface area contributed by atoms with E-state index in [1.807, 2.05) is 26.1 Å². The van der Waals surface area contributed by atoms with Crippen molar-refractivity contribution in [3.8, 4) is 11.4 Å². The summed E-state index contributed by atoms with van der Waals surface area (Å²) < 4.78 is 0.874. The van der Waals surface area contributed by atoms with Crippen LogP contribution in [0.3, 0.4) is 0 Å². The molecule has 1 aromatic heterocycles. The zero-order chi connectivity index (χ0) is 14.0. The number of nitrogens with one attached hydrogen (secondary N) is 1. The van der Waals surface area contributed by atoms with E-state index in [4.69, 9.17) is 23.2 Å². The molecule has 19 heavy (non-hydrogen) atoms. The molecule has 0 radical (unpaired) electrons. The van der Waals surface area contributed by atoms with Crippen molar-refractivity contribution >= 4 is 44.9 Å². The monoisotopic (exact) mass is 359 g/mol. The Morgan fingerprint density at radius 3 is 2.63 bits per heavy atom. The number of aromatic nitrogens is 2. The third-order valence-corrected chi connectivity index (χ3v) is 4.34. The van der Waals surface area contributed by atoms with Gasteiger partial charge in [0, 0.05) is 12.6 Å². The first-order valence-electron chi connectivity index (χ1n) is 5.77. The minimum atomic E-state index is 0.468. The molecule has 0 aliphatic carbocycles. The number of hydrogen-bond acceptors (Lipinski definition) is 3. The van der Waals surface area contributed by atoms with Gasteiger partial charge in [0.2, 0.25) is 0 Å². The Morgan fingerprint density at radius 2 is 2.00 bits per heavy atom. The first kappa shape index (κ1) is 14.6. The molecule has 6 heteroatoms. The molecule has 100 valence electrons. The maximum absolute atomic E-state index is 6.21. The number of nitrogens with zero attached hydrogens (tertiary/aromatic N) is 2. The lowest BCUT2D eigenvalue weighted by Crippen LogP contribution is -2.03. The molecule has 0 amide bonds. The second-order valence-corrected chi connectivity index (χ2v) is 5.44. The average molecular weight is 361 g/mol. The predicted molar refractivity (Wildman–Crippen MR) is 84.1 cm³/mol. The first-order chi connectivity index (χ1) is 9.08. The van der Waals surface area contributed by atoms with E-state index in [9.17, 15) is 0 Å². The number of aryl methyl sites for hydroxylation is 1. The third kappa shape index (κ3) is 2.86. The summed E-state index contributed by atoms with van der Waals surface area (Å²) >= 11 is 15.7. The first-order valence-corrected chi connectivity index (χ1v) is 7.31. The lowest BCUT2D eigenvalue weighted by Gasteiger charge is -2.11. The van der Waals surface area contributed by atoms with E-state index < -0.39 is 0 Å². The molecular weight excluding hydrogens is 349 g/mol. The highest BCUT2D eigenvalue weighted by Gasteiger charge is 2.14. The van der Waals surface area contributed by atoms with Gasteiger partial charge in [0.15, 0.2) is 5.82 Å². The van der Waals surface area contributed by atoms with Gasteiger partial charge in [0.05, 0.1) is 20.2 Å². The summed E-state index contributed by atoms with van der Waals surface area (Å²) in [6.07, 6.45) is 0.795. The zero-order valence-electron chi connectivity index (χ0n) is 10.5. The molecule has 1 N–H and O–H groups in total. The maximum atomic E-state index is 6.21. The van der Waals surface area contributed by atoms with E-state index in [0.29, 0.717) is 15.9 Å². The Hall–Kier alpha value is -0.840. The van der Waals surface area contributed by atoms with E-state index in [2.05, 4.69) is 31.2 Å². The summed E-state index contributed by atoms with van der Waals surface area (Å²) in [6.45, 7) is 2.04. The molecule has 0 bridgehead atoms. The van der Waals surface area contributed by atoms with Gasteiger partial charge in [-0.25, -0.2) is 9.97 Å². The van der Waals surface area contributed by atoms with Crippen LogP contribution >= 0.6 is 39.1 Å². The van der Waals surface area contributed by atoms with Crippen LogP contribution in [-0.2, 0) is 6.42 Å². The second kappa shape index (κ2) is 6.07. The quantitative estimate of drug-likeness (QED) is 0.852. The molecule has 1 heterocycles. The summed E-state index contributed by atoms with van der Waals surface area (Å²) in [5.41, 5.74) is 1.65. The van der Waals surface area contributed by atoms with Gasteiger partial charge in [-0.15, -0.1) is 0 Å². The van der Waals surface area contributed by atoms with Crippen molar-refractivity contribution in [1.29, 1.82) is 0 Å². The van der Waals surface area contributed by atoms with Gasteiger partial charge in [-0.05, 0) is 34.5 Å². The van der Waals surface area contributed by atoms with Crippen molar-refractivity contribution in [3.63, 3.8) is 0 Å². The number of rotatable bonds is 3. The molecule has 0 aliphatic rings. The van der Waals surface area contributed by atoms with Crippen LogP contribution in [0.1, 0.15) is 12.6 Å². The maximum Gasteiger partial charge on any atom is 0.163 e. The van der Waals surface area contributed by atoms with E-state index in [1.54, 1.807) is 6.07 Å². The molecule has 0 aliphatic heterocycles. The SMILES string of the molecule is CCc1nc(-c2cccc(Cl)c2Cl)nc(NC)c1Br. The largest absolute Gasteiger partial charge is 0.372 e. The predicted octanol–water partition coefficient (Wildman–Crippen LogP) is 4.82. The van der Waals surface area contributed by atoms with E-state index in [-0.39, 0.29) is 0 Å². The fourth-order valence-corrected chi connectivity index (χ4v) is 2.73. The van der Waals surface area contributed by atoms with E-state index >= 15 is 0 Å². The van der Waals surface area contributed by atoms with Crippen molar-refractivity contribution in [2.75, 3.05) is 12.4 Å². The summed E-state index contributed by atoms with van der Waals surface area (Å²) in [6, 6.07) is 5.43. The van der Waals surface area contributed by atoms with Crippen molar-refractivity contribution in [2.45, 2.75) is 13.3 Å². The molecule has 0 atom stereocenters. The molecule has 0 saturated heterocycles. The summed E-state index contributed by atoms with van der Waals surface area (Å²) in [5, 5.41) is 4.00. The van der Waals surface area contributed by atoms with Crippen LogP contribution in [0.2, 0.25) is 10.0 Å². The Labute approximate surface area is 130 Å². The third-order valence-electron chi connectivity index (χ3n) is 2.68. The van der Waals surface area contributed by atoms with Gasteiger partial charge in [0.25, 0.3) is 0 Å². The lowest BCUT2D eigenvalue weighted by molar-refractivity contribution is 0.991. The van der Waals surface area contributed by atoms with Crippen LogP contribution in [0.4, 0.5) is 5.82 Å².